The summed E-state index contributed by atoms with van der Waals surface area (Å²) in [4.78, 5) is 80.8. The number of benzene rings is 1. The molecule has 2 aliphatic heterocycles. The number of nitrogens with zero attached hydrogens (tertiary/aromatic N) is 6. The Kier molecular flexibility index (Phi) is 10.9. The first-order chi connectivity index (χ1) is 26.9. The highest BCUT2D eigenvalue weighted by Crippen LogP contribution is 2.35. The lowest BCUT2D eigenvalue weighted by atomic mass is 10.0. The number of ether oxygens (including phenoxy) is 2. The van der Waals surface area contributed by atoms with Crippen LogP contribution in [0.4, 0.5) is 9.59 Å². The van der Waals surface area contributed by atoms with E-state index in [-0.39, 0.29) is 35.7 Å². The highest BCUT2D eigenvalue weighted by Gasteiger charge is 2.39. The number of nitrogens with one attached hydrogen (secondary N) is 4. The van der Waals surface area contributed by atoms with Gasteiger partial charge in [0, 0.05) is 24.2 Å². The molecule has 4 atom stereocenters. The maximum absolute atomic E-state index is 13.6. The van der Waals surface area contributed by atoms with Gasteiger partial charge in [0.25, 0.3) is 0 Å². The van der Waals surface area contributed by atoms with Gasteiger partial charge in [-0.05, 0) is 61.8 Å². The number of aromatic amines is 2. The Balaban J connectivity index is 1.06. The fraction of sp³-hybridized carbons (Fsp3) is 0.450. The lowest BCUT2D eigenvalue weighted by molar-refractivity contribution is -0.136. The summed E-state index contributed by atoms with van der Waals surface area (Å²) in [5.74, 6) is 0.749. The topological polar surface area (TPSA) is 200 Å². The standard InChI is InChI=1S/C40H48N10O6/c1-21(2)31(45-39(53)55-5)37(51)49-19-7-9-29(49)35-43-27-17-15-25(41-33(27)47-35)23-11-13-24(14-12-23)26-16-18-28-34(42-26)48-36(44-28)30-10-8-20-50(30)38(52)32(22(3)4)46-40(54)56-6/h11-18,21-22,29-32H,7-10,19-20H2,1-6H3,(H,45,53)(H,46,54)(H,41,43,47)(H,42,44,48)/t29-,30-,31+,32+/m0/s1. The van der Waals surface area contributed by atoms with Crippen molar-refractivity contribution in [3.63, 3.8) is 0 Å². The van der Waals surface area contributed by atoms with Gasteiger partial charge < -0.3 is 39.9 Å². The van der Waals surface area contributed by atoms with E-state index in [1.165, 1.54) is 14.2 Å². The molecule has 4 aromatic heterocycles. The van der Waals surface area contributed by atoms with Gasteiger partial charge in [0.1, 0.15) is 23.7 Å². The molecule has 0 unspecified atom stereocenters. The molecule has 16 heteroatoms. The minimum Gasteiger partial charge on any atom is -0.453 e. The monoisotopic (exact) mass is 764 g/mol. The van der Waals surface area contributed by atoms with Crippen LogP contribution in [-0.2, 0) is 19.1 Å². The zero-order valence-electron chi connectivity index (χ0n) is 32.5. The number of pyridine rings is 2. The van der Waals surface area contributed by atoms with Crippen LogP contribution in [0.2, 0.25) is 0 Å². The minimum atomic E-state index is -0.712. The van der Waals surface area contributed by atoms with Gasteiger partial charge in [-0.15, -0.1) is 0 Å². The highest BCUT2D eigenvalue weighted by atomic mass is 16.5. The SMILES string of the molecule is COC(=O)N[C@@H](C(=O)N1CCC[C@H]1c1nc2nc(-c3ccc(-c4ccc5[nH]c([C@@H]6CCCN6C(=O)[C@H](NC(=O)OC)C(C)C)nc5n4)cc3)ccc2[nH]1)C(C)C. The molecule has 294 valence electrons. The summed E-state index contributed by atoms with van der Waals surface area (Å²) in [6.07, 6.45) is 1.86. The van der Waals surface area contributed by atoms with Gasteiger partial charge >= 0.3 is 12.2 Å². The second-order valence-corrected chi connectivity index (χ2v) is 15.1. The number of aromatic nitrogens is 6. The van der Waals surface area contributed by atoms with Crippen molar-refractivity contribution in [2.75, 3.05) is 27.3 Å². The second kappa shape index (κ2) is 16.0. The van der Waals surface area contributed by atoms with Crippen LogP contribution < -0.4 is 10.6 Å². The smallest absolute Gasteiger partial charge is 0.407 e. The van der Waals surface area contributed by atoms with E-state index in [4.69, 9.17) is 29.4 Å². The number of imidazole rings is 2. The lowest BCUT2D eigenvalue weighted by Gasteiger charge is -2.29. The summed E-state index contributed by atoms with van der Waals surface area (Å²) < 4.78 is 9.52. The molecule has 2 aliphatic rings. The van der Waals surface area contributed by atoms with Crippen LogP contribution in [0.1, 0.15) is 77.1 Å². The van der Waals surface area contributed by atoms with Gasteiger partial charge in [-0.1, -0.05) is 52.0 Å². The Morgan fingerprint density at radius 1 is 0.625 bits per heavy atom. The van der Waals surface area contributed by atoms with Gasteiger partial charge in [0.2, 0.25) is 11.8 Å². The van der Waals surface area contributed by atoms with E-state index in [1.54, 1.807) is 9.80 Å². The lowest BCUT2D eigenvalue weighted by Crippen LogP contribution is -2.51. The van der Waals surface area contributed by atoms with Crippen molar-refractivity contribution in [2.45, 2.75) is 77.5 Å². The molecule has 7 rings (SSSR count). The van der Waals surface area contributed by atoms with Crippen molar-refractivity contribution in [2.24, 2.45) is 11.8 Å². The minimum absolute atomic E-state index is 0.125. The Morgan fingerprint density at radius 3 is 1.38 bits per heavy atom. The molecule has 5 aromatic rings. The Morgan fingerprint density at radius 2 is 1.02 bits per heavy atom. The van der Waals surface area contributed by atoms with E-state index < -0.39 is 24.3 Å². The van der Waals surface area contributed by atoms with E-state index in [0.29, 0.717) is 36.0 Å². The van der Waals surface area contributed by atoms with Crippen molar-refractivity contribution in [1.29, 1.82) is 0 Å². The summed E-state index contributed by atoms with van der Waals surface area (Å²) in [6.45, 7) is 8.69. The van der Waals surface area contributed by atoms with E-state index in [1.807, 2.05) is 76.2 Å². The summed E-state index contributed by atoms with van der Waals surface area (Å²) in [7, 11) is 2.56. The zero-order valence-corrected chi connectivity index (χ0v) is 32.5. The first kappa shape index (κ1) is 38.2. The molecule has 56 heavy (non-hydrogen) atoms. The number of rotatable bonds is 10. The third kappa shape index (κ3) is 7.59. The van der Waals surface area contributed by atoms with Crippen molar-refractivity contribution in [3.8, 4) is 22.5 Å². The summed E-state index contributed by atoms with van der Waals surface area (Å²) in [5.41, 5.74) is 5.96. The molecular formula is C40H48N10O6. The number of amides is 4. The van der Waals surface area contributed by atoms with Gasteiger partial charge in [0.15, 0.2) is 11.3 Å². The Labute approximate surface area is 324 Å². The zero-order chi connectivity index (χ0) is 39.7. The van der Waals surface area contributed by atoms with Gasteiger partial charge in [-0.25, -0.2) is 29.5 Å². The number of fused-ring (bicyclic) bond motifs is 2. The predicted molar refractivity (Wildman–Crippen MR) is 208 cm³/mol. The van der Waals surface area contributed by atoms with Crippen LogP contribution in [0.25, 0.3) is 44.8 Å². The van der Waals surface area contributed by atoms with Crippen LogP contribution in [0.15, 0.2) is 48.5 Å². The van der Waals surface area contributed by atoms with E-state index >= 15 is 0 Å². The van der Waals surface area contributed by atoms with Crippen LogP contribution in [0.5, 0.6) is 0 Å². The number of carbonyl (C=O) groups excluding carboxylic acids is 4. The van der Waals surface area contributed by atoms with Crippen LogP contribution >= 0.6 is 0 Å². The first-order valence-electron chi connectivity index (χ1n) is 19.1. The normalized spacial score (nSPS) is 18.1. The van der Waals surface area contributed by atoms with Gasteiger partial charge in [-0.2, -0.15) is 0 Å². The van der Waals surface area contributed by atoms with Gasteiger partial charge in [0.05, 0.1) is 48.7 Å². The molecule has 1 aromatic carbocycles. The third-order valence-electron chi connectivity index (χ3n) is 10.7. The third-order valence-corrected chi connectivity index (χ3v) is 10.7. The summed E-state index contributed by atoms with van der Waals surface area (Å²) >= 11 is 0. The number of carbonyl (C=O) groups is 4. The molecule has 2 saturated heterocycles. The maximum Gasteiger partial charge on any atom is 0.407 e. The molecule has 4 amide bonds. The predicted octanol–water partition coefficient (Wildman–Crippen LogP) is 5.65. The number of H-pyrrole nitrogens is 2. The van der Waals surface area contributed by atoms with Crippen molar-refractivity contribution in [3.05, 3.63) is 60.2 Å². The van der Waals surface area contributed by atoms with Crippen LogP contribution in [0, 0.1) is 11.8 Å². The number of hydrogen-bond acceptors (Lipinski definition) is 10. The highest BCUT2D eigenvalue weighted by molar-refractivity contribution is 5.87. The molecule has 16 nitrogen and oxygen atoms in total. The fourth-order valence-electron chi connectivity index (χ4n) is 7.66. The summed E-state index contributed by atoms with van der Waals surface area (Å²) in [6, 6.07) is 13.8. The number of methoxy groups -OCH3 is 2. The average molecular weight is 765 g/mol. The largest absolute Gasteiger partial charge is 0.453 e. The molecule has 6 heterocycles. The van der Waals surface area contributed by atoms with Crippen molar-refractivity contribution in [1.82, 2.24) is 50.3 Å². The molecule has 0 spiro atoms. The molecule has 4 N–H and O–H groups in total. The van der Waals surface area contributed by atoms with Gasteiger partial charge in [-0.3, -0.25) is 9.59 Å². The number of alkyl carbamates (subject to hydrolysis) is 2. The molecule has 0 saturated carbocycles. The van der Waals surface area contributed by atoms with E-state index in [0.717, 1.165) is 59.2 Å². The second-order valence-electron chi connectivity index (χ2n) is 15.1. The molecular weight excluding hydrogens is 717 g/mol. The van der Waals surface area contributed by atoms with E-state index in [9.17, 15) is 19.2 Å². The summed E-state index contributed by atoms with van der Waals surface area (Å²) in [5, 5.41) is 5.38. The Bertz CT molecular complexity index is 2090. The maximum atomic E-state index is 13.6. The number of likely N-dealkylation sites (tertiary alicyclic amines) is 2. The quantitative estimate of drug-likeness (QED) is 0.138. The fourth-order valence-corrected chi connectivity index (χ4v) is 7.66. The first-order valence-corrected chi connectivity index (χ1v) is 19.1. The van der Waals surface area contributed by atoms with Crippen LogP contribution in [0.3, 0.4) is 0 Å². The number of hydrogen-bond donors (Lipinski definition) is 4. The van der Waals surface area contributed by atoms with E-state index in [2.05, 4.69) is 20.6 Å². The molecule has 0 aliphatic carbocycles. The Hall–Kier alpha value is -6.06. The average Bonchev–Trinajstić information content (AvgIpc) is 4.03. The molecule has 2 fully saturated rings. The van der Waals surface area contributed by atoms with Crippen LogP contribution in [-0.4, -0.2) is 103 Å². The van der Waals surface area contributed by atoms with Crippen molar-refractivity contribution < 1.29 is 28.7 Å². The van der Waals surface area contributed by atoms with Crippen molar-refractivity contribution >= 4 is 46.3 Å². The molecule has 0 radical (unpaired) electrons. The molecule has 0 bridgehead atoms.